The third-order valence-electron chi connectivity index (χ3n) is 3.35. The molecular formula is C15H24N2. The molecule has 2 rings (SSSR count). The summed E-state index contributed by atoms with van der Waals surface area (Å²) < 4.78 is 0. The largest absolute Gasteiger partial charge is 0.371 e. The monoisotopic (exact) mass is 232 g/mol. The topological polar surface area (TPSA) is 15.3 Å². The van der Waals surface area contributed by atoms with Crippen LogP contribution in [0.5, 0.6) is 0 Å². The fraction of sp³-hybridized carbons (Fsp3) is 0.600. The maximum atomic E-state index is 3.19. The molecule has 1 aliphatic rings. The van der Waals surface area contributed by atoms with Crippen LogP contribution in [0, 0.1) is 5.92 Å². The van der Waals surface area contributed by atoms with Gasteiger partial charge in [-0.3, -0.25) is 0 Å². The molecule has 0 bridgehead atoms. The Hall–Kier alpha value is -1.02. The molecule has 0 radical (unpaired) electrons. The predicted octanol–water partition coefficient (Wildman–Crippen LogP) is 3.03. The second-order valence-electron chi connectivity index (χ2n) is 5.09. The molecule has 1 saturated carbocycles. The van der Waals surface area contributed by atoms with E-state index in [4.69, 9.17) is 0 Å². The molecule has 1 aromatic carbocycles. The second-order valence-corrected chi connectivity index (χ2v) is 5.09. The zero-order valence-corrected chi connectivity index (χ0v) is 11.1. The Kier molecular flexibility index (Phi) is 4.43. The first-order chi connectivity index (χ1) is 8.33. The van der Waals surface area contributed by atoms with Crippen LogP contribution >= 0.6 is 0 Å². The van der Waals surface area contributed by atoms with E-state index in [9.17, 15) is 0 Å². The summed E-state index contributed by atoms with van der Waals surface area (Å²) >= 11 is 0. The Balaban J connectivity index is 2.00. The molecule has 94 valence electrons. The Morgan fingerprint density at radius 2 is 1.94 bits per heavy atom. The van der Waals surface area contributed by atoms with Gasteiger partial charge in [-0.1, -0.05) is 19.1 Å². The minimum Gasteiger partial charge on any atom is -0.371 e. The van der Waals surface area contributed by atoms with E-state index in [0.717, 1.165) is 12.5 Å². The van der Waals surface area contributed by atoms with Gasteiger partial charge in [0.2, 0.25) is 0 Å². The van der Waals surface area contributed by atoms with Crippen molar-refractivity contribution < 1.29 is 0 Å². The zero-order valence-electron chi connectivity index (χ0n) is 11.1. The van der Waals surface area contributed by atoms with E-state index in [-0.39, 0.29) is 0 Å². The molecular weight excluding hydrogens is 208 g/mol. The highest BCUT2D eigenvalue weighted by Gasteiger charge is 2.24. The summed E-state index contributed by atoms with van der Waals surface area (Å²) in [6, 6.07) is 9.01. The van der Waals surface area contributed by atoms with Crippen LogP contribution in [0.3, 0.4) is 0 Å². The Labute approximate surface area is 105 Å². The molecule has 0 heterocycles. The molecule has 0 amide bonds. The van der Waals surface area contributed by atoms with Crippen molar-refractivity contribution in [2.45, 2.75) is 32.7 Å². The lowest BCUT2D eigenvalue weighted by Gasteiger charge is -2.24. The number of rotatable bonds is 7. The predicted molar refractivity (Wildman–Crippen MR) is 74.4 cm³/mol. The van der Waals surface area contributed by atoms with Crippen LogP contribution in [0.2, 0.25) is 0 Å². The average molecular weight is 232 g/mol. The van der Waals surface area contributed by atoms with Crippen molar-refractivity contribution in [3.05, 3.63) is 29.8 Å². The standard InChI is InChI=1S/C15H24N2/c1-3-10-17(12-14-4-5-14)15-8-6-13(7-9-15)11-16-2/h6-9,14,16H,3-5,10-12H2,1-2H3. The van der Waals surface area contributed by atoms with Gasteiger partial charge in [-0.2, -0.15) is 0 Å². The number of benzene rings is 1. The van der Waals surface area contributed by atoms with E-state index >= 15 is 0 Å². The summed E-state index contributed by atoms with van der Waals surface area (Å²) in [5, 5.41) is 3.19. The lowest BCUT2D eigenvalue weighted by atomic mass is 10.2. The third-order valence-corrected chi connectivity index (χ3v) is 3.35. The summed E-state index contributed by atoms with van der Waals surface area (Å²) in [6.07, 6.45) is 4.08. The molecule has 0 aromatic heterocycles. The highest BCUT2D eigenvalue weighted by Crippen LogP contribution is 2.31. The summed E-state index contributed by atoms with van der Waals surface area (Å²) in [7, 11) is 1.99. The second kappa shape index (κ2) is 6.06. The van der Waals surface area contributed by atoms with Crippen LogP contribution in [0.4, 0.5) is 5.69 Å². The van der Waals surface area contributed by atoms with Crippen molar-refractivity contribution in [3.8, 4) is 0 Å². The molecule has 17 heavy (non-hydrogen) atoms. The maximum Gasteiger partial charge on any atom is 0.0366 e. The van der Waals surface area contributed by atoms with Gasteiger partial charge in [0, 0.05) is 25.3 Å². The molecule has 2 heteroatoms. The lowest BCUT2D eigenvalue weighted by molar-refractivity contribution is 0.707. The fourth-order valence-electron chi connectivity index (χ4n) is 2.24. The van der Waals surface area contributed by atoms with Crippen molar-refractivity contribution in [2.75, 3.05) is 25.0 Å². The minimum absolute atomic E-state index is 0.955. The maximum absolute atomic E-state index is 3.19. The molecule has 1 fully saturated rings. The molecule has 0 spiro atoms. The van der Waals surface area contributed by atoms with Gasteiger partial charge < -0.3 is 10.2 Å². The van der Waals surface area contributed by atoms with E-state index < -0.39 is 0 Å². The molecule has 0 unspecified atom stereocenters. The first-order valence-corrected chi connectivity index (χ1v) is 6.82. The fourth-order valence-corrected chi connectivity index (χ4v) is 2.24. The normalized spacial score (nSPS) is 14.9. The van der Waals surface area contributed by atoms with Gasteiger partial charge in [0.25, 0.3) is 0 Å². The van der Waals surface area contributed by atoms with E-state index in [0.29, 0.717) is 0 Å². The SMILES string of the molecule is CCCN(CC1CC1)c1ccc(CNC)cc1. The van der Waals surface area contributed by atoms with Crippen molar-refractivity contribution in [3.63, 3.8) is 0 Å². The highest BCUT2D eigenvalue weighted by atomic mass is 15.1. The van der Waals surface area contributed by atoms with Crippen LogP contribution in [-0.2, 0) is 6.54 Å². The first-order valence-electron chi connectivity index (χ1n) is 6.82. The molecule has 1 aliphatic carbocycles. The molecule has 0 saturated heterocycles. The molecule has 2 nitrogen and oxygen atoms in total. The molecule has 0 atom stereocenters. The first kappa shape index (κ1) is 12.4. The summed E-state index contributed by atoms with van der Waals surface area (Å²) in [5.41, 5.74) is 2.75. The van der Waals surface area contributed by atoms with Crippen LogP contribution in [0.1, 0.15) is 31.7 Å². The minimum atomic E-state index is 0.955. The third kappa shape index (κ3) is 3.74. The van der Waals surface area contributed by atoms with E-state index in [2.05, 4.69) is 41.4 Å². The highest BCUT2D eigenvalue weighted by molar-refractivity contribution is 5.47. The average Bonchev–Trinajstić information content (AvgIpc) is 3.14. The van der Waals surface area contributed by atoms with Gasteiger partial charge in [0.05, 0.1) is 0 Å². The van der Waals surface area contributed by atoms with Gasteiger partial charge >= 0.3 is 0 Å². The van der Waals surface area contributed by atoms with Gasteiger partial charge in [-0.15, -0.1) is 0 Å². The van der Waals surface area contributed by atoms with Gasteiger partial charge in [0.1, 0.15) is 0 Å². The number of nitrogens with one attached hydrogen (secondary N) is 1. The van der Waals surface area contributed by atoms with Crippen LogP contribution < -0.4 is 10.2 Å². The van der Waals surface area contributed by atoms with E-state index in [1.807, 2.05) is 7.05 Å². The Morgan fingerprint density at radius 3 is 2.47 bits per heavy atom. The van der Waals surface area contributed by atoms with E-state index in [1.165, 1.54) is 43.6 Å². The van der Waals surface area contributed by atoms with Crippen molar-refractivity contribution in [2.24, 2.45) is 5.92 Å². The summed E-state index contributed by atoms with van der Waals surface area (Å²) in [6.45, 7) is 5.65. The van der Waals surface area contributed by atoms with Crippen molar-refractivity contribution in [1.29, 1.82) is 0 Å². The van der Waals surface area contributed by atoms with Crippen LogP contribution in [0.25, 0.3) is 0 Å². The van der Waals surface area contributed by atoms with Gasteiger partial charge in [0.15, 0.2) is 0 Å². The quantitative estimate of drug-likeness (QED) is 0.777. The van der Waals surface area contributed by atoms with Crippen LogP contribution in [0.15, 0.2) is 24.3 Å². The Morgan fingerprint density at radius 1 is 1.24 bits per heavy atom. The Bertz CT molecular complexity index is 327. The number of hydrogen-bond donors (Lipinski definition) is 1. The molecule has 1 N–H and O–H groups in total. The molecule has 1 aromatic rings. The van der Waals surface area contributed by atoms with Gasteiger partial charge in [-0.25, -0.2) is 0 Å². The van der Waals surface area contributed by atoms with Gasteiger partial charge in [-0.05, 0) is 49.9 Å². The molecule has 0 aliphatic heterocycles. The van der Waals surface area contributed by atoms with Crippen molar-refractivity contribution >= 4 is 5.69 Å². The van der Waals surface area contributed by atoms with Crippen LogP contribution in [-0.4, -0.2) is 20.1 Å². The zero-order chi connectivity index (χ0) is 12.1. The summed E-state index contributed by atoms with van der Waals surface area (Å²) in [4.78, 5) is 2.54. The number of hydrogen-bond acceptors (Lipinski definition) is 2. The summed E-state index contributed by atoms with van der Waals surface area (Å²) in [5.74, 6) is 0.957. The lowest BCUT2D eigenvalue weighted by Crippen LogP contribution is -2.26. The number of anilines is 1. The number of nitrogens with zero attached hydrogens (tertiary/aromatic N) is 1. The van der Waals surface area contributed by atoms with Crippen molar-refractivity contribution in [1.82, 2.24) is 5.32 Å². The smallest absolute Gasteiger partial charge is 0.0366 e. The van der Waals surface area contributed by atoms with E-state index in [1.54, 1.807) is 0 Å².